The lowest BCUT2D eigenvalue weighted by atomic mass is 9.98. The van der Waals surface area contributed by atoms with Crippen LogP contribution in [0.3, 0.4) is 0 Å². The molecule has 46 heavy (non-hydrogen) atoms. The third-order valence-electron chi connectivity index (χ3n) is 8.18. The molecule has 9 aromatic rings. The standard InChI is InChI=1S/C40H24N4O2/c1-4-12-25(13-5-1)37-42-38(26-14-6-2-7-15-26)44-39(43-37)28-22-23-31-34(24-28)45-32-20-10-18-29(35(31)32)30-19-11-21-33-36(30)41-40(46-33)27-16-8-3-9-17-27/h1-24H. The van der Waals surface area contributed by atoms with Gasteiger partial charge in [0.1, 0.15) is 16.7 Å². The van der Waals surface area contributed by atoms with E-state index < -0.39 is 0 Å². The molecule has 0 aliphatic rings. The lowest BCUT2D eigenvalue weighted by Crippen LogP contribution is -2.00. The summed E-state index contributed by atoms with van der Waals surface area (Å²) in [5.74, 6) is 2.41. The van der Waals surface area contributed by atoms with Gasteiger partial charge >= 0.3 is 0 Å². The van der Waals surface area contributed by atoms with Crippen molar-refractivity contribution in [3.63, 3.8) is 0 Å². The molecule has 3 aromatic heterocycles. The molecule has 9 rings (SSSR count). The van der Waals surface area contributed by atoms with E-state index in [9.17, 15) is 0 Å². The molecule has 6 aromatic carbocycles. The Hall–Kier alpha value is -6.40. The van der Waals surface area contributed by atoms with Gasteiger partial charge in [-0.1, -0.05) is 109 Å². The summed E-state index contributed by atoms with van der Waals surface area (Å²) in [7, 11) is 0. The van der Waals surface area contributed by atoms with E-state index >= 15 is 0 Å². The highest BCUT2D eigenvalue weighted by atomic mass is 16.3. The Bertz CT molecular complexity index is 2460. The fourth-order valence-electron chi connectivity index (χ4n) is 6.00. The van der Waals surface area contributed by atoms with E-state index in [1.54, 1.807) is 0 Å². The van der Waals surface area contributed by atoms with Gasteiger partial charge in [-0.15, -0.1) is 0 Å². The number of oxazole rings is 1. The summed E-state index contributed by atoms with van der Waals surface area (Å²) < 4.78 is 12.7. The topological polar surface area (TPSA) is 77.8 Å². The van der Waals surface area contributed by atoms with Gasteiger partial charge in [-0.05, 0) is 42.0 Å². The molecule has 0 aliphatic heterocycles. The molecule has 0 unspecified atom stereocenters. The molecule has 6 nitrogen and oxygen atoms in total. The fourth-order valence-corrected chi connectivity index (χ4v) is 6.00. The van der Waals surface area contributed by atoms with Crippen LogP contribution in [0.1, 0.15) is 0 Å². The van der Waals surface area contributed by atoms with E-state index in [1.165, 1.54) is 0 Å². The zero-order chi connectivity index (χ0) is 30.5. The van der Waals surface area contributed by atoms with Gasteiger partial charge in [0.15, 0.2) is 23.1 Å². The molecule has 3 heterocycles. The number of benzene rings is 6. The fraction of sp³-hybridized carbons (Fsp3) is 0. The van der Waals surface area contributed by atoms with Crippen molar-refractivity contribution >= 4 is 33.0 Å². The molecular formula is C40H24N4O2. The van der Waals surface area contributed by atoms with Crippen LogP contribution in [0.2, 0.25) is 0 Å². The van der Waals surface area contributed by atoms with Crippen LogP contribution < -0.4 is 0 Å². The summed E-state index contributed by atoms with van der Waals surface area (Å²) in [6.45, 7) is 0. The van der Waals surface area contributed by atoms with E-state index in [1.807, 2.05) is 121 Å². The maximum atomic E-state index is 6.48. The summed E-state index contributed by atoms with van der Waals surface area (Å²) >= 11 is 0. The van der Waals surface area contributed by atoms with Gasteiger partial charge in [-0.3, -0.25) is 0 Å². The molecule has 0 atom stereocenters. The van der Waals surface area contributed by atoms with Crippen molar-refractivity contribution in [2.24, 2.45) is 0 Å². The van der Waals surface area contributed by atoms with E-state index in [4.69, 9.17) is 28.8 Å². The maximum absolute atomic E-state index is 6.48. The minimum absolute atomic E-state index is 0.580. The Balaban J connectivity index is 1.20. The number of para-hydroxylation sites is 1. The van der Waals surface area contributed by atoms with Gasteiger partial charge < -0.3 is 8.83 Å². The van der Waals surface area contributed by atoms with E-state index in [0.717, 1.165) is 66.4 Å². The van der Waals surface area contributed by atoms with Crippen LogP contribution >= 0.6 is 0 Å². The Morgan fingerprint density at radius 3 is 1.59 bits per heavy atom. The predicted molar refractivity (Wildman–Crippen MR) is 182 cm³/mol. The van der Waals surface area contributed by atoms with Crippen molar-refractivity contribution in [2.45, 2.75) is 0 Å². The number of aromatic nitrogens is 4. The summed E-state index contributed by atoms with van der Waals surface area (Å²) in [5, 5.41) is 2.02. The van der Waals surface area contributed by atoms with Crippen molar-refractivity contribution in [1.82, 2.24) is 19.9 Å². The zero-order valence-corrected chi connectivity index (χ0v) is 24.5. The molecule has 0 spiro atoms. The van der Waals surface area contributed by atoms with Crippen molar-refractivity contribution in [2.75, 3.05) is 0 Å². The van der Waals surface area contributed by atoms with Crippen LogP contribution in [0.5, 0.6) is 0 Å². The Kier molecular flexibility index (Phi) is 6.03. The van der Waals surface area contributed by atoms with Crippen LogP contribution in [0.15, 0.2) is 154 Å². The van der Waals surface area contributed by atoms with Gasteiger partial charge in [0.2, 0.25) is 5.89 Å². The number of hydrogen-bond acceptors (Lipinski definition) is 6. The number of furan rings is 1. The molecule has 0 aliphatic carbocycles. The molecule has 0 saturated carbocycles. The predicted octanol–water partition coefficient (Wildman–Crippen LogP) is 10.2. The Morgan fingerprint density at radius 1 is 0.370 bits per heavy atom. The molecule has 6 heteroatoms. The molecule has 0 bridgehead atoms. The minimum atomic E-state index is 0.580. The summed E-state index contributed by atoms with van der Waals surface area (Å²) in [4.78, 5) is 19.6. The highest BCUT2D eigenvalue weighted by Crippen LogP contribution is 2.41. The number of fused-ring (bicyclic) bond motifs is 4. The van der Waals surface area contributed by atoms with Crippen LogP contribution in [-0.2, 0) is 0 Å². The van der Waals surface area contributed by atoms with Crippen molar-refractivity contribution in [1.29, 1.82) is 0 Å². The second kappa shape index (κ2) is 10.6. The van der Waals surface area contributed by atoms with Crippen LogP contribution in [0.25, 0.3) is 89.8 Å². The van der Waals surface area contributed by atoms with Crippen molar-refractivity contribution < 1.29 is 8.83 Å². The molecular weight excluding hydrogens is 568 g/mol. The number of rotatable bonds is 5. The third kappa shape index (κ3) is 4.43. The Labute approximate surface area is 263 Å². The quantitative estimate of drug-likeness (QED) is 0.198. The van der Waals surface area contributed by atoms with Gasteiger partial charge in [0, 0.05) is 38.6 Å². The van der Waals surface area contributed by atoms with Crippen molar-refractivity contribution in [3.8, 4) is 56.7 Å². The third-order valence-corrected chi connectivity index (χ3v) is 8.18. The second-order valence-electron chi connectivity index (χ2n) is 11.1. The summed E-state index contributed by atoms with van der Waals surface area (Å²) in [6, 6.07) is 48.3. The Morgan fingerprint density at radius 2 is 0.935 bits per heavy atom. The lowest BCUT2D eigenvalue weighted by Gasteiger charge is -2.08. The molecule has 0 amide bonds. The van der Waals surface area contributed by atoms with Crippen LogP contribution in [0, 0.1) is 0 Å². The molecule has 0 saturated heterocycles. The van der Waals surface area contributed by atoms with E-state index in [0.29, 0.717) is 23.4 Å². The molecule has 0 radical (unpaired) electrons. The van der Waals surface area contributed by atoms with Crippen LogP contribution in [0.4, 0.5) is 0 Å². The van der Waals surface area contributed by atoms with Crippen molar-refractivity contribution in [3.05, 3.63) is 146 Å². The average Bonchev–Trinajstić information content (AvgIpc) is 3.74. The minimum Gasteiger partial charge on any atom is -0.456 e. The van der Waals surface area contributed by atoms with Gasteiger partial charge in [0.05, 0.1) is 0 Å². The first-order valence-electron chi connectivity index (χ1n) is 15.1. The smallest absolute Gasteiger partial charge is 0.227 e. The van der Waals surface area contributed by atoms with E-state index in [-0.39, 0.29) is 0 Å². The monoisotopic (exact) mass is 592 g/mol. The first-order chi connectivity index (χ1) is 22.8. The van der Waals surface area contributed by atoms with Gasteiger partial charge in [-0.2, -0.15) is 0 Å². The molecule has 216 valence electrons. The SMILES string of the molecule is c1ccc(-c2nc(-c3ccccc3)nc(-c3ccc4c(c3)oc3cccc(-c5cccc6oc(-c7ccccc7)nc56)c34)n2)cc1. The lowest BCUT2D eigenvalue weighted by molar-refractivity contribution is 0.620. The molecule has 0 N–H and O–H groups in total. The van der Waals surface area contributed by atoms with Gasteiger partial charge in [-0.25, -0.2) is 19.9 Å². The number of nitrogens with zero attached hydrogens (tertiary/aromatic N) is 4. The highest BCUT2D eigenvalue weighted by molar-refractivity contribution is 6.15. The largest absolute Gasteiger partial charge is 0.456 e. The molecule has 0 fully saturated rings. The summed E-state index contributed by atoms with van der Waals surface area (Å²) in [5.41, 5.74) is 8.74. The normalized spacial score (nSPS) is 11.5. The van der Waals surface area contributed by atoms with Crippen LogP contribution in [-0.4, -0.2) is 19.9 Å². The zero-order valence-electron chi connectivity index (χ0n) is 24.5. The first-order valence-corrected chi connectivity index (χ1v) is 15.1. The highest BCUT2D eigenvalue weighted by Gasteiger charge is 2.19. The van der Waals surface area contributed by atoms with E-state index in [2.05, 4.69) is 24.3 Å². The van der Waals surface area contributed by atoms with Gasteiger partial charge in [0.25, 0.3) is 0 Å². The summed E-state index contributed by atoms with van der Waals surface area (Å²) in [6.07, 6.45) is 0. The second-order valence-corrected chi connectivity index (χ2v) is 11.1. The first kappa shape index (κ1) is 26.0. The maximum Gasteiger partial charge on any atom is 0.227 e. The number of hydrogen-bond donors (Lipinski definition) is 0. The average molecular weight is 593 g/mol.